The summed E-state index contributed by atoms with van der Waals surface area (Å²) >= 11 is 0. The molecule has 0 aromatic heterocycles. The predicted molar refractivity (Wildman–Crippen MR) is 72.3 cm³/mol. The lowest BCUT2D eigenvalue weighted by Crippen LogP contribution is -2.54. The minimum absolute atomic E-state index is 0.0850. The van der Waals surface area contributed by atoms with Crippen molar-refractivity contribution in [3.05, 3.63) is 0 Å². The number of carbonyl (C=O) groups excluding carboxylic acids is 1. The van der Waals surface area contributed by atoms with Crippen LogP contribution in [-0.4, -0.2) is 55.2 Å². The normalized spacial score (nSPS) is 23.1. The summed E-state index contributed by atoms with van der Waals surface area (Å²) < 4.78 is 5.48. The second-order valence-corrected chi connectivity index (χ2v) is 5.19. The largest absolute Gasteiger partial charge is 0.378 e. The molecule has 0 bridgehead atoms. The first-order valence-corrected chi connectivity index (χ1v) is 6.91. The van der Waals surface area contributed by atoms with Crippen molar-refractivity contribution >= 4 is 5.91 Å². The molecule has 1 saturated heterocycles. The predicted octanol–water partition coefficient (Wildman–Crippen LogP) is 0.339. The van der Waals surface area contributed by atoms with Crippen LogP contribution in [0.2, 0.25) is 0 Å². The fourth-order valence-corrected chi connectivity index (χ4v) is 2.43. The molecule has 106 valence electrons. The van der Waals surface area contributed by atoms with E-state index >= 15 is 0 Å². The maximum Gasteiger partial charge on any atom is 0.221 e. The van der Waals surface area contributed by atoms with Gasteiger partial charge in [-0.15, -0.1) is 0 Å². The molecule has 1 heterocycles. The van der Waals surface area contributed by atoms with Crippen LogP contribution in [-0.2, 0) is 9.53 Å². The molecular formula is C13H27N3O2. The van der Waals surface area contributed by atoms with Crippen LogP contribution in [0.3, 0.4) is 0 Å². The van der Waals surface area contributed by atoms with Gasteiger partial charge in [-0.2, -0.15) is 0 Å². The van der Waals surface area contributed by atoms with Crippen molar-refractivity contribution in [2.45, 2.75) is 51.7 Å². The molecule has 0 aromatic carbocycles. The highest BCUT2D eigenvalue weighted by molar-refractivity contribution is 5.76. The average molecular weight is 257 g/mol. The van der Waals surface area contributed by atoms with Crippen LogP contribution in [0.1, 0.15) is 33.6 Å². The summed E-state index contributed by atoms with van der Waals surface area (Å²) in [5.74, 6) is 0.0850. The number of morpholine rings is 1. The Morgan fingerprint density at radius 3 is 2.83 bits per heavy atom. The number of hydrogen-bond acceptors (Lipinski definition) is 4. The number of rotatable bonds is 6. The molecule has 0 spiro atoms. The Labute approximate surface area is 110 Å². The van der Waals surface area contributed by atoms with Crippen molar-refractivity contribution < 1.29 is 9.53 Å². The van der Waals surface area contributed by atoms with Crippen molar-refractivity contribution in [2.75, 3.05) is 26.3 Å². The molecule has 3 N–H and O–H groups in total. The fourth-order valence-electron chi connectivity index (χ4n) is 2.43. The van der Waals surface area contributed by atoms with Crippen molar-refractivity contribution in [1.82, 2.24) is 10.2 Å². The number of amides is 1. The lowest BCUT2D eigenvalue weighted by Gasteiger charge is -2.40. The number of ether oxygens (including phenoxy) is 1. The third kappa shape index (κ3) is 4.55. The molecule has 0 aromatic rings. The molecule has 5 nitrogen and oxygen atoms in total. The van der Waals surface area contributed by atoms with Gasteiger partial charge in [-0.3, -0.25) is 9.69 Å². The number of carbonyl (C=O) groups is 1. The molecule has 5 heteroatoms. The van der Waals surface area contributed by atoms with Gasteiger partial charge in [0, 0.05) is 37.6 Å². The molecule has 1 fully saturated rings. The zero-order valence-electron chi connectivity index (χ0n) is 11.8. The zero-order chi connectivity index (χ0) is 13.5. The number of nitrogens with one attached hydrogen (secondary N) is 1. The quantitative estimate of drug-likeness (QED) is 0.720. The minimum Gasteiger partial charge on any atom is -0.378 e. The Morgan fingerprint density at radius 1 is 1.56 bits per heavy atom. The Hall–Kier alpha value is -0.650. The maximum absolute atomic E-state index is 11.8. The van der Waals surface area contributed by atoms with E-state index in [0.29, 0.717) is 19.0 Å². The smallest absolute Gasteiger partial charge is 0.221 e. The maximum atomic E-state index is 11.8. The van der Waals surface area contributed by atoms with Crippen molar-refractivity contribution in [1.29, 1.82) is 0 Å². The van der Waals surface area contributed by atoms with Crippen LogP contribution >= 0.6 is 0 Å². The van der Waals surface area contributed by atoms with E-state index in [2.05, 4.69) is 17.1 Å². The molecule has 0 aliphatic carbocycles. The van der Waals surface area contributed by atoms with E-state index in [1.165, 1.54) is 0 Å². The van der Waals surface area contributed by atoms with E-state index in [4.69, 9.17) is 10.5 Å². The lowest BCUT2D eigenvalue weighted by atomic mass is 10.1. The van der Waals surface area contributed by atoms with Crippen molar-refractivity contribution in [3.8, 4) is 0 Å². The molecule has 2 atom stereocenters. The standard InChI is InChI=1S/C13H27N3O2/c1-4-11-9-18-6-5-16(11)12(8-14)7-13(17)15-10(2)3/h10-12H,4-9,14H2,1-3H3,(H,15,17). The molecule has 0 saturated carbocycles. The van der Waals surface area contributed by atoms with Crippen LogP contribution < -0.4 is 11.1 Å². The fraction of sp³-hybridized carbons (Fsp3) is 0.923. The molecule has 1 aliphatic heterocycles. The number of nitrogens with zero attached hydrogens (tertiary/aromatic N) is 1. The second kappa shape index (κ2) is 7.71. The van der Waals surface area contributed by atoms with Gasteiger partial charge in [-0.1, -0.05) is 6.92 Å². The lowest BCUT2D eigenvalue weighted by molar-refractivity contribution is -0.123. The summed E-state index contributed by atoms with van der Waals surface area (Å²) in [6.07, 6.45) is 1.51. The summed E-state index contributed by atoms with van der Waals surface area (Å²) in [5, 5.41) is 2.93. The van der Waals surface area contributed by atoms with Crippen LogP contribution in [0.15, 0.2) is 0 Å². The highest BCUT2D eigenvalue weighted by atomic mass is 16.5. The highest BCUT2D eigenvalue weighted by Crippen LogP contribution is 2.15. The summed E-state index contributed by atoms with van der Waals surface area (Å²) in [4.78, 5) is 14.2. The van der Waals surface area contributed by atoms with Gasteiger partial charge in [-0.25, -0.2) is 0 Å². The van der Waals surface area contributed by atoms with Gasteiger partial charge in [0.1, 0.15) is 0 Å². The van der Waals surface area contributed by atoms with E-state index in [0.717, 1.165) is 26.2 Å². The van der Waals surface area contributed by atoms with Gasteiger partial charge in [0.2, 0.25) is 5.91 Å². The summed E-state index contributed by atoms with van der Waals surface area (Å²) in [7, 11) is 0. The Morgan fingerprint density at radius 2 is 2.28 bits per heavy atom. The Kier molecular flexibility index (Phi) is 6.60. The first-order valence-electron chi connectivity index (χ1n) is 6.91. The third-order valence-electron chi connectivity index (χ3n) is 3.36. The molecule has 18 heavy (non-hydrogen) atoms. The molecule has 1 aliphatic rings. The topological polar surface area (TPSA) is 67.6 Å². The van der Waals surface area contributed by atoms with Crippen LogP contribution in [0, 0.1) is 0 Å². The zero-order valence-corrected chi connectivity index (χ0v) is 11.8. The second-order valence-electron chi connectivity index (χ2n) is 5.19. The van der Waals surface area contributed by atoms with E-state index < -0.39 is 0 Å². The molecule has 0 radical (unpaired) electrons. The van der Waals surface area contributed by atoms with Crippen molar-refractivity contribution in [2.24, 2.45) is 5.73 Å². The van der Waals surface area contributed by atoms with Gasteiger partial charge in [0.25, 0.3) is 0 Å². The van der Waals surface area contributed by atoms with Gasteiger partial charge in [0.05, 0.1) is 13.2 Å². The van der Waals surface area contributed by atoms with Gasteiger partial charge in [0.15, 0.2) is 0 Å². The molecule has 1 rings (SSSR count). The van der Waals surface area contributed by atoms with Gasteiger partial charge < -0.3 is 15.8 Å². The molecular weight excluding hydrogens is 230 g/mol. The third-order valence-corrected chi connectivity index (χ3v) is 3.36. The molecule has 2 unspecified atom stereocenters. The SMILES string of the molecule is CCC1COCCN1C(CN)CC(=O)NC(C)C. The van der Waals surface area contributed by atoms with E-state index in [9.17, 15) is 4.79 Å². The Bertz CT molecular complexity index is 259. The monoisotopic (exact) mass is 257 g/mol. The first kappa shape index (κ1) is 15.4. The van der Waals surface area contributed by atoms with Crippen LogP contribution in [0.5, 0.6) is 0 Å². The van der Waals surface area contributed by atoms with Gasteiger partial charge >= 0.3 is 0 Å². The summed E-state index contributed by atoms with van der Waals surface area (Å²) in [6.45, 7) is 8.96. The van der Waals surface area contributed by atoms with E-state index in [1.54, 1.807) is 0 Å². The van der Waals surface area contributed by atoms with Crippen LogP contribution in [0.25, 0.3) is 0 Å². The highest BCUT2D eigenvalue weighted by Gasteiger charge is 2.28. The minimum atomic E-state index is 0.0850. The number of nitrogens with two attached hydrogens (primary N) is 1. The van der Waals surface area contributed by atoms with Crippen molar-refractivity contribution in [3.63, 3.8) is 0 Å². The van der Waals surface area contributed by atoms with E-state index in [1.807, 2.05) is 13.8 Å². The average Bonchev–Trinajstić information content (AvgIpc) is 2.35. The van der Waals surface area contributed by atoms with Gasteiger partial charge in [-0.05, 0) is 20.3 Å². The molecule has 1 amide bonds. The summed E-state index contributed by atoms with van der Waals surface area (Å²) in [5.41, 5.74) is 5.84. The van der Waals surface area contributed by atoms with E-state index in [-0.39, 0.29) is 18.0 Å². The van der Waals surface area contributed by atoms with Crippen LogP contribution in [0.4, 0.5) is 0 Å². The number of hydrogen-bond donors (Lipinski definition) is 2. The first-order chi connectivity index (χ1) is 8.58. The Balaban J connectivity index is 2.55. The summed E-state index contributed by atoms with van der Waals surface area (Å²) in [6, 6.07) is 0.694.